The first-order valence-electron chi connectivity index (χ1n) is 10.7. The van der Waals surface area contributed by atoms with Gasteiger partial charge in [-0.3, -0.25) is 9.59 Å². The van der Waals surface area contributed by atoms with Crippen molar-refractivity contribution >= 4 is 17.9 Å². The normalized spacial score (nSPS) is 17.2. The summed E-state index contributed by atoms with van der Waals surface area (Å²) < 4.78 is 5.27. The number of aliphatic hydroxyl groups excluding tert-OH is 1. The zero-order valence-electron chi connectivity index (χ0n) is 17.8. The van der Waals surface area contributed by atoms with Crippen LogP contribution in [0.25, 0.3) is 0 Å². The van der Waals surface area contributed by atoms with Crippen LogP contribution < -0.4 is 16.0 Å². The molecule has 4 N–H and O–H groups in total. The Morgan fingerprint density at radius 2 is 1.69 bits per heavy atom. The van der Waals surface area contributed by atoms with E-state index in [1.807, 2.05) is 60.7 Å². The highest BCUT2D eigenvalue weighted by atomic mass is 16.5. The quantitative estimate of drug-likeness (QED) is 0.448. The molecule has 1 aliphatic rings. The van der Waals surface area contributed by atoms with Gasteiger partial charge in [0.15, 0.2) is 0 Å². The smallest absolute Gasteiger partial charge is 0.408 e. The number of hydrogen-bond donors (Lipinski definition) is 4. The summed E-state index contributed by atoms with van der Waals surface area (Å²) in [5, 5.41) is 17.9. The minimum atomic E-state index is -0.896. The van der Waals surface area contributed by atoms with E-state index in [4.69, 9.17) is 4.74 Å². The van der Waals surface area contributed by atoms with Gasteiger partial charge in [0.05, 0.1) is 12.6 Å². The molecule has 8 heteroatoms. The van der Waals surface area contributed by atoms with E-state index in [1.165, 1.54) is 0 Å². The SMILES string of the molecule is O=C(N[C@@H](Cc1ccccc1)C(=O)N[C@H](CO)CC1CCNC1=O)OCc1ccccc1. The molecule has 2 aromatic rings. The Morgan fingerprint density at radius 1 is 1.03 bits per heavy atom. The summed E-state index contributed by atoms with van der Waals surface area (Å²) in [7, 11) is 0. The molecule has 32 heavy (non-hydrogen) atoms. The third-order valence-corrected chi connectivity index (χ3v) is 5.40. The van der Waals surface area contributed by atoms with Crippen LogP contribution in [0.1, 0.15) is 24.0 Å². The van der Waals surface area contributed by atoms with Crippen molar-refractivity contribution in [3.8, 4) is 0 Å². The molecule has 1 saturated heterocycles. The number of alkyl carbamates (subject to hydrolysis) is 1. The summed E-state index contributed by atoms with van der Waals surface area (Å²) in [4.78, 5) is 37.2. The van der Waals surface area contributed by atoms with Crippen LogP contribution in [0, 0.1) is 5.92 Å². The predicted molar refractivity (Wildman–Crippen MR) is 118 cm³/mol. The van der Waals surface area contributed by atoms with Crippen LogP contribution in [-0.4, -0.2) is 48.2 Å². The minimum Gasteiger partial charge on any atom is -0.445 e. The van der Waals surface area contributed by atoms with Crippen LogP contribution in [0.2, 0.25) is 0 Å². The Labute approximate surface area is 187 Å². The highest BCUT2D eigenvalue weighted by Crippen LogP contribution is 2.16. The van der Waals surface area contributed by atoms with Crippen molar-refractivity contribution in [3.05, 3.63) is 71.8 Å². The number of benzene rings is 2. The summed E-state index contributed by atoms with van der Waals surface area (Å²) in [5.41, 5.74) is 1.70. The third-order valence-electron chi connectivity index (χ3n) is 5.40. The number of aliphatic hydroxyl groups is 1. The topological polar surface area (TPSA) is 117 Å². The first-order valence-corrected chi connectivity index (χ1v) is 10.7. The number of nitrogens with one attached hydrogen (secondary N) is 3. The van der Waals surface area contributed by atoms with Gasteiger partial charge in [0, 0.05) is 18.9 Å². The van der Waals surface area contributed by atoms with Gasteiger partial charge in [0.2, 0.25) is 11.8 Å². The molecular formula is C24H29N3O5. The van der Waals surface area contributed by atoms with Crippen molar-refractivity contribution in [1.82, 2.24) is 16.0 Å². The fourth-order valence-electron chi connectivity index (χ4n) is 3.66. The summed E-state index contributed by atoms with van der Waals surface area (Å²) in [6, 6.07) is 17.1. The summed E-state index contributed by atoms with van der Waals surface area (Å²) in [5.74, 6) is -0.757. The molecule has 3 atom stereocenters. The van der Waals surface area contributed by atoms with Gasteiger partial charge in [-0.1, -0.05) is 60.7 Å². The average molecular weight is 440 g/mol. The van der Waals surface area contributed by atoms with E-state index < -0.39 is 24.1 Å². The summed E-state index contributed by atoms with van der Waals surface area (Å²) in [6.45, 7) is 0.384. The Kier molecular flexibility index (Phi) is 8.62. The van der Waals surface area contributed by atoms with Crippen LogP contribution in [-0.2, 0) is 27.4 Å². The highest BCUT2D eigenvalue weighted by Gasteiger charge is 2.29. The van der Waals surface area contributed by atoms with Gasteiger partial charge in [-0.2, -0.15) is 0 Å². The van der Waals surface area contributed by atoms with Gasteiger partial charge in [0.1, 0.15) is 12.6 Å². The van der Waals surface area contributed by atoms with Gasteiger partial charge in [-0.15, -0.1) is 0 Å². The lowest BCUT2D eigenvalue weighted by molar-refractivity contribution is -0.126. The van der Waals surface area contributed by atoms with E-state index in [0.29, 0.717) is 19.4 Å². The Morgan fingerprint density at radius 3 is 2.28 bits per heavy atom. The molecule has 1 unspecified atom stereocenters. The lowest BCUT2D eigenvalue weighted by atomic mass is 9.98. The van der Waals surface area contributed by atoms with E-state index in [-0.39, 0.29) is 31.5 Å². The van der Waals surface area contributed by atoms with Crippen molar-refractivity contribution in [3.63, 3.8) is 0 Å². The van der Waals surface area contributed by atoms with Crippen LogP contribution >= 0.6 is 0 Å². The summed E-state index contributed by atoms with van der Waals surface area (Å²) in [6.07, 6.45) is 0.559. The van der Waals surface area contributed by atoms with E-state index >= 15 is 0 Å². The minimum absolute atomic E-state index is 0.0684. The van der Waals surface area contributed by atoms with Crippen molar-refractivity contribution < 1.29 is 24.2 Å². The molecule has 0 aliphatic carbocycles. The van der Waals surface area contributed by atoms with Crippen LogP contribution in [0.5, 0.6) is 0 Å². The number of amides is 3. The maximum Gasteiger partial charge on any atom is 0.408 e. The average Bonchev–Trinajstić information content (AvgIpc) is 3.22. The van der Waals surface area contributed by atoms with Gasteiger partial charge in [-0.05, 0) is 24.0 Å². The molecule has 1 aliphatic heterocycles. The fourth-order valence-corrected chi connectivity index (χ4v) is 3.66. The van der Waals surface area contributed by atoms with Crippen LogP contribution in [0.4, 0.5) is 4.79 Å². The first-order chi connectivity index (χ1) is 15.5. The molecular weight excluding hydrogens is 410 g/mol. The van der Waals surface area contributed by atoms with Gasteiger partial charge in [0.25, 0.3) is 0 Å². The Bertz CT molecular complexity index is 891. The molecule has 0 aromatic heterocycles. The predicted octanol–water partition coefficient (Wildman–Crippen LogP) is 1.53. The number of rotatable bonds is 10. The van der Waals surface area contributed by atoms with Crippen molar-refractivity contribution in [2.45, 2.75) is 38.0 Å². The molecule has 0 saturated carbocycles. The second-order valence-corrected chi connectivity index (χ2v) is 7.85. The maximum atomic E-state index is 13.0. The van der Waals surface area contributed by atoms with Crippen molar-refractivity contribution in [2.24, 2.45) is 5.92 Å². The summed E-state index contributed by atoms with van der Waals surface area (Å²) >= 11 is 0. The van der Waals surface area contributed by atoms with E-state index in [9.17, 15) is 19.5 Å². The molecule has 1 heterocycles. The second-order valence-electron chi connectivity index (χ2n) is 7.85. The Balaban J connectivity index is 1.61. The zero-order valence-corrected chi connectivity index (χ0v) is 17.8. The van der Waals surface area contributed by atoms with E-state index in [1.54, 1.807) is 0 Å². The van der Waals surface area contributed by atoms with E-state index in [2.05, 4.69) is 16.0 Å². The Hall–Kier alpha value is -3.39. The van der Waals surface area contributed by atoms with Gasteiger partial charge < -0.3 is 25.8 Å². The molecule has 3 amide bonds. The molecule has 170 valence electrons. The van der Waals surface area contributed by atoms with Crippen molar-refractivity contribution in [1.29, 1.82) is 0 Å². The number of carbonyl (C=O) groups is 3. The molecule has 0 bridgehead atoms. The lowest BCUT2D eigenvalue weighted by Crippen LogP contribution is -2.52. The molecule has 3 rings (SSSR count). The standard InChI is InChI=1S/C24H29N3O5/c28-15-20(14-19-11-12-25-22(19)29)26-23(30)21(13-17-7-3-1-4-8-17)27-24(31)32-16-18-9-5-2-6-10-18/h1-10,19-21,28H,11-16H2,(H,25,29)(H,26,30)(H,27,31)/t19?,20-,21-/m0/s1. The van der Waals surface area contributed by atoms with Crippen LogP contribution in [0.15, 0.2) is 60.7 Å². The third kappa shape index (κ3) is 7.09. The van der Waals surface area contributed by atoms with E-state index in [0.717, 1.165) is 11.1 Å². The van der Waals surface area contributed by atoms with Crippen LogP contribution in [0.3, 0.4) is 0 Å². The maximum absolute atomic E-state index is 13.0. The number of hydrogen-bond acceptors (Lipinski definition) is 5. The largest absolute Gasteiger partial charge is 0.445 e. The number of carbonyl (C=O) groups excluding carboxylic acids is 3. The fraction of sp³-hybridized carbons (Fsp3) is 0.375. The zero-order chi connectivity index (χ0) is 22.8. The second kappa shape index (κ2) is 11.9. The van der Waals surface area contributed by atoms with Gasteiger partial charge >= 0.3 is 6.09 Å². The van der Waals surface area contributed by atoms with Gasteiger partial charge in [-0.25, -0.2) is 4.79 Å². The molecule has 0 radical (unpaired) electrons. The molecule has 2 aromatic carbocycles. The monoisotopic (exact) mass is 439 g/mol. The van der Waals surface area contributed by atoms with Crippen molar-refractivity contribution in [2.75, 3.05) is 13.2 Å². The molecule has 0 spiro atoms. The lowest BCUT2D eigenvalue weighted by Gasteiger charge is -2.23. The first kappa shape index (κ1) is 23.3. The highest BCUT2D eigenvalue weighted by molar-refractivity contribution is 5.86. The molecule has 8 nitrogen and oxygen atoms in total. The molecule has 1 fully saturated rings. The number of ether oxygens (including phenoxy) is 1.